The first-order valence-electron chi connectivity index (χ1n) is 8.05. The fourth-order valence-corrected chi connectivity index (χ4v) is 3.92. The van der Waals surface area contributed by atoms with Gasteiger partial charge >= 0.3 is 0 Å². The zero-order valence-corrected chi connectivity index (χ0v) is 14.1. The third-order valence-corrected chi connectivity index (χ3v) is 5.38. The molecule has 0 saturated carbocycles. The standard InChI is InChI=1S/C17H19N3O3S/c21-16(15-9-24-12-19-15)20-10-17(11-20)14(3-6-23-17)8-22-7-13-1-4-18-5-2-13/h1-2,4-5,9,12,14H,3,6-8,10-11H2. The number of hydrogen-bond donors (Lipinski definition) is 0. The molecule has 6 nitrogen and oxygen atoms in total. The minimum absolute atomic E-state index is 0.00571. The smallest absolute Gasteiger partial charge is 0.273 e. The Kier molecular flexibility index (Phi) is 4.30. The van der Waals surface area contributed by atoms with Crippen molar-refractivity contribution in [2.75, 3.05) is 26.3 Å². The summed E-state index contributed by atoms with van der Waals surface area (Å²) in [7, 11) is 0. The molecule has 2 aliphatic rings. The van der Waals surface area contributed by atoms with E-state index in [-0.39, 0.29) is 11.5 Å². The van der Waals surface area contributed by atoms with Crippen LogP contribution in [-0.4, -0.2) is 52.7 Å². The highest BCUT2D eigenvalue weighted by molar-refractivity contribution is 7.07. The molecule has 126 valence electrons. The molecule has 2 aromatic heterocycles. The first-order chi connectivity index (χ1) is 11.8. The second-order valence-electron chi connectivity index (χ2n) is 6.30. The number of likely N-dealkylation sites (tertiary alicyclic amines) is 1. The maximum atomic E-state index is 12.3. The Morgan fingerprint density at radius 1 is 1.42 bits per heavy atom. The van der Waals surface area contributed by atoms with Gasteiger partial charge in [-0.3, -0.25) is 9.78 Å². The van der Waals surface area contributed by atoms with Gasteiger partial charge in [-0.15, -0.1) is 11.3 Å². The highest BCUT2D eigenvalue weighted by atomic mass is 32.1. The molecular formula is C17H19N3O3S. The van der Waals surface area contributed by atoms with E-state index >= 15 is 0 Å². The summed E-state index contributed by atoms with van der Waals surface area (Å²) in [5.74, 6) is 0.327. The number of pyridine rings is 1. The van der Waals surface area contributed by atoms with Gasteiger partial charge in [0.2, 0.25) is 0 Å². The van der Waals surface area contributed by atoms with E-state index in [2.05, 4.69) is 9.97 Å². The Labute approximate surface area is 144 Å². The summed E-state index contributed by atoms with van der Waals surface area (Å²) >= 11 is 1.44. The van der Waals surface area contributed by atoms with Gasteiger partial charge in [0, 0.05) is 30.3 Å². The van der Waals surface area contributed by atoms with Crippen LogP contribution in [0.15, 0.2) is 35.4 Å². The van der Waals surface area contributed by atoms with E-state index < -0.39 is 0 Å². The second-order valence-corrected chi connectivity index (χ2v) is 7.02. The van der Waals surface area contributed by atoms with Crippen LogP contribution in [-0.2, 0) is 16.1 Å². The van der Waals surface area contributed by atoms with Crippen LogP contribution < -0.4 is 0 Å². The van der Waals surface area contributed by atoms with E-state index in [1.165, 1.54) is 11.3 Å². The number of amides is 1. The highest BCUT2D eigenvalue weighted by Crippen LogP contribution is 2.40. The predicted octanol–water partition coefficient (Wildman–Crippen LogP) is 1.99. The monoisotopic (exact) mass is 345 g/mol. The van der Waals surface area contributed by atoms with Crippen molar-refractivity contribution in [3.05, 3.63) is 46.7 Å². The number of hydrogen-bond acceptors (Lipinski definition) is 6. The second kappa shape index (κ2) is 6.58. The molecule has 0 N–H and O–H groups in total. The minimum Gasteiger partial charge on any atom is -0.376 e. The van der Waals surface area contributed by atoms with Crippen molar-refractivity contribution < 1.29 is 14.3 Å². The minimum atomic E-state index is -0.232. The van der Waals surface area contributed by atoms with Crippen molar-refractivity contribution in [1.82, 2.24) is 14.9 Å². The van der Waals surface area contributed by atoms with Gasteiger partial charge in [-0.25, -0.2) is 4.98 Å². The SMILES string of the molecule is O=C(c1cscn1)N1CC2(C1)OCCC2COCc1ccncc1. The van der Waals surface area contributed by atoms with Gasteiger partial charge in [0.05, 0.1) is 31.8 Å². The lowest BCUT2D eigenvalue weighted by atomic mass is 9.81. The molecule has 2 saturated heterocycles. The molecule has 1 unspecified atom stereocenters. The summed E-state index contributed by atoms with van der Waals surface area (Å²) in [6.07, 6.45) is 4.52. The van der Waals surface area contributed by atoms with Crippen molar-refractivity contribution in [2.24, 2.45) is 5.92 Å². The highest BCUT2D eigenvalue weighted by Gasteiger charge is 2.54. The maximum Gasteiger partial charge on any atom is 0.273 e. The Hall–Kier alpha value is -1.83. The number of rotatable bonds is 5. The number of carbonyl (C=O) groups excluding carboxylic acids is 1. The molecule has 7 heteroatoms. The molecule has 1 spiro atoms. The van der Waals surface area contributed by atoms with Crippen LogP contribution in [0.3, 0.4) is 0 Å². The third kappa shape index (κ3) is 2.94. The zero-order chi connectivity index (χ0) is 16.4. The van der Waals surface area contributed by atoms with Crippen LogP contribution in [0.1, 0.15) is 22.5 Å². The van der Waals surface area contributed by atoms with Crippen molar-refractivity contribution in [2.45, 2.75) is 18.6 Å². The molecule has 2 aromatic rings. The van der Waals surface area contributed by atoms with Gasteiger partial charge in [-0.1, -0.05) is 0 Å². The number of carbonyl (C=O) groups is 1. The Balaban J connectivity index is 1.30. The number of ether oxygens (including phenoxy) is 2. The molecule has 0 radical (unpaired) electrons. The predicted molar refractivity (Wildman–Crippen MR) is 88.7 cm³/mol. The summed E-state index contributed by atoms with van der Waals surface area (Å²) in [5.41, 5.74) is 3.10. The van der Waals surface area contributed by atoms with Gasteiger partial charge in [-0.2, -0.15) is 0 Å². The first kappa shape index (κ1) is 15.7. The third-order valence-electron chi connectivity index (χ3n) is 4.79. The van der Waals surface area contributed by atoms with E-state index in [9.17, 15) is 4.79 Å². The molecule has 4 rings (SSSR count). The summed E-state index contributed by atoms with van der Waals surface area (Å²) in [6.45, 7) is 3.24. The molecule has 0 aromatic carbocycles. The number of thiazole rings is 1. The molecule has 2 fully saturated rings. The van der Waals surface area contributed by atoms with Gasteiger partial charge in [0.1, 0.15) is 11.3 Å². The Morgan fingerprint density at radius 2 is 2.25 bits per heavy atom. The fraction of sp³-hybridized carbons (Fsp3) is 0.471. The van der Waals surface area contributed by atoms with E-state index in [1.54, 1.807) is 23.3 Å². The largest absolute Gasteiger partial charge is 0.376 e. The lowest BCUT2D eigenvalue weighted by Gasteiger charge is -2.49. The molecule has 24 heavy (non-hydrogen) atoms. The molecule has 1 amide bonds. The lowest BCUT2D eigenvalue weighted by Crippen LogP contribution is -2.66. The average Bonchev–Trinajstić information content (AvgIpc) is 3.24. The van der Waals surface area contributed by atoms with E-state index in [1.807, 2.05) is 17.0 Å². The van der Waals surface area contributed by atoms with Gasteiger partial charge in [0.25, 0.3) is 5.91 Å². The van der Waals surface area contributed by atoms with Crippen LogP contribution in [0.4, 0.5) is 0 Å². The van der Waals surface area contributed by atoms with Crippen molar-refractivity contribution in [1.29, 1.82) is 0 Å². The normalized spacial score (nSPS) is 21.8. The Bertz CT molecular complexity index is 686. The first-order valence-corrected chi connectivity index (χ1v) is 8.99. The average molecular weight is 345 g/mol. The van der Waals surface area contributed by atoms with Gasteiger partial charge < -0.3 is 14.4 Å². The number of nitrogens with zero attached hydrogens (tertiary/aromatic N) is 3. The quantitative estimate of drug-likeness (QED) is 0.829. The van der Waals surface area contributed by atoms with Crippen molar-refractivity contribution in [3.8, 4) is 0 Å². The van der Waals surface area contributed by atoms with E-state index in [0.717, 1.165) is 18.6 Å². The zero-order valence-electron chi connectivity index (χ0n) is 13.3. The topological polar surface area (TPSA) is 64.6 Å². The Morgan fingerprint density at radius 3 is 3.00 bits per heavy atom. The number of aromatic nitrogens is 2. The molecule has 1 atom stereocenters. The summed E-state index contributed by atoms with van der Waals surface area (Å²) in [4.78, 5) is 22.2. The van der Waals surface area contributed by atoms with Gasteiger partial charge in [0.15, 0.2) is 0 Å². The summed E-state index contributed by atoms with van der Waals surface area (Å²) in [6, 6.07) is 3.91. The molecule has 2 aliphatic heterocycles. The molecule has 4 heterocycles. The molecule has 0 aliphatic carbocycles. The van der Waals surface area contributed by atoms with E-state index in [4.69, 9.17) is 9.47 Å². The molecule has 0 bridgehead atoms. The summed E-state index contributed by atoms with van der Waals surface area (Å²) < 4.78 is 11.9. The van der Waals surface area contributed by atoms with Crippen LogP contribution in [0.25, 0.3) is 0 Å². The van der Waals surface area contributed by atoms with E-state index in [0.29, 0.717) is 37.9 Å². The van der Waals surface area contributed by atoms with Crippen molar-refractivity contribution in [3.63, 3.8) is 0 Å². The van der Waals surface area contributed by atoms with Crippen molar-refractivity contribution >= 4 is 17.2 Å². The van der Waals surface area contributed by atoms with Crippen LogP contribution in [0, 0.1) is 5.92 Å². The maximum absolute atomic E-state index is 12.3. The van der Waals surface area contributed by atoms with Crippen LogP contribution in [0.2, 0.25) is 0 Å². The van der Waals surface area contributed by atoms with Gasteiger partial charge in [-0.05, 0) is 24.1 Å². The van der Waals surface area contributed by atoms with Crippen LogP contribution in [0.5, 0.6) is 0 Å². The van der Waals surface area contributed by atoms with Crippen LogP contribution >= 0.6 is 11.3 Å². The lowest BCUT2D eigenvalue weighted by molar-refractivity contribution is -0.129. The molecular weight excluding hydrogens is 326 g/mol. The fourth-order valence-electron chi connectivity index (χ4n) is 3.39. The summed E-state index contributed by atoms with van der Waals surface area (Å²) in [5, 5.41) is 1.79.